The van der Waals surface area contributed by atoms with E-state index in [1.54, 1.807) is 0 Å². The average Bonchev–Trinajstić information content (AvgIpc) is 2.72. The molecule has 2 atom stereocenters. The maximum absolute atomic E-state index is 10.1. The number of nitrogens with one attached hydrogen (secondary N) is 1. The Morgan fingerprint density at radius 3 is 2.38 bits per heavy atom. The molecule has 0 amide bonds. The zero-order valence-electron chi connectivity index (χ0n) is 13.5. The summed E-state index contributed by atoms with van der Waals surface area (Å²) in [6.45, 7) is 7.31. The highest BCUT2D eigenvalue weighted by atomic mass is 16.3. The van der Waals surface area contributed by atoms with Crippen LogP contribution >= 0.6 is 0 Å². The van der Waals surface area contributed by atoms with Gasteiger partial charge in [0.25, 0.3) is 0 Å². The number of nitrogens with zero attached hydrogens (tertiary/aromatic N) is 1. The minimum Gasteiger partial charge on any atom is -0.392 e. The fourth-order valence-electron chi connectivity index (χ4n) is 3.19. The SMILES string of the molecule is CCN(CC)c1ccc(CNC2CCCCCC2O)cc1. The van der Waals surface area contributed by atoms with E-state index in [9.17, 15) is 5.11 Å². The molecule has 3 heteroatoms. The Labute approximate surface area is 129 Å². The van der Waals surface area contributed by atoms with Crippen LogP contribution in [-0.4, -0.2) is 30.3 Å². The number of benzene rings is 1. The smallest absolute Gasteiger partial charge is 0.0693 e. The Hall–Kier alpha value is -1.06. The molecule has 3 nitrogen and oxygen atoms in total. The third-order valence-corrected chi connectivity index (χ3v) is 4.61. The molecule has 0 radical (unpaired) electrons. The predicted octanol–water partition coefficient (Wildman–Crippen LogP) is 3.32. The largest absolute Gasteiger partial charge is 0.392 e. The van der Waals surface area contributed by atoms with Gasteiger partial charge in [0.15, 0.2) is 0 Å². The van der Waals surface area contributed by atoms with Crippen LogP contribution in [0, 0.1) is 0 Å². The Bertz CT molecular complexity index is 400. The lowest BCUT2D eigenvalue weighted by molar-refractivity contribution is 0.119. The fraction of sp³-hybridized carbons (Fsp3) is 0.667. The lowest BCUT2D eigenvalue weighted by Crippen LogP contribution is -2.38. The standard InChI is InChI=1S/C18H30N2O/c1-3-20(4-2)16-12-10-15(11-13-16)14-19-17-8-6-5-7-9-18(17)21/h10-13,17-19,21H,3-9,14H2,1-2H3. The molecule has 21 heavy (non-hydrogen) atoms. The van der Waals surface area contributed by atoms with Crippen LogP contribution in [0.1, 0.15) is 51.5 Å². The molecule has 0 heterocycles. The molecule has 0 bridgehead atoms. The molecule has 2 N–H and O–H groups in total. The number of aliphatic hydroxyl groups excluding tert-OH is 1. The molecule has 1 fully saturated rings. The number of anilines is 1. The normalized spacial score (nSPS) is 22.8. The summed E-state index contributed by atoms with van der Waals surface area (Å²) in [5.74, 6) is 0. The van der Waals surface area contributed by atoms with Crippen molar-refractivity contribution >= 4 is 5.69 Å². The van der Waals surface area contributed by atoms with Crippen molar-refractivity contribution in [2.75, 3.05) is 18.0 Å². The van der Waals surface area contributed by atoms with Gasteiger partial charge in [-0.1, -0.05) is 31.4 Å². The number of hydrogen-bond acceptors (Lipinski definition) is 3. The maximum atomic E-state index is 10.1. The predicted molar refractivity (Wildman–Crippen MR) is 89.7 cm³/mol. The van der Waals surface area contributed by atoms with Crippen molar-refractivity contribution in [1.82, 2.24) is 5.32 Å². The number of rotatable bonds is 6. The van der Waals surface area contributed by atoms with E-state index in [4.69, 9.17) is 0 Å². The van der Waals surface area contributed by atoms with Crippen molar-refractivity contribution in [2.45, 2.75) is 64.6 Å². The Morgan fingerprint density at radius 2 is 1.71 bits per heavy atom. The van der Waals surface area contributed by atoms with Crippen molar-refractivity contribution in [3.05, 3.63) is 29.8 Å². The van der Waals surface area contributed by atoms with Crippen molar-refractivity contribution in [2.24, 2.45) is 0 Å². The van der Waals surface area contributed by atoms with Gasteiger partial charge in [-0.2, -0.15) is 0 Å². The molecule has 2 unspecified atom stereocenters. The van der Waals surface area contributed by atoms with Crippen molar-refractivity contribution in [1.29, 1.82) is 0 Å². The highest BCUT2D eigenvalue weighted by Crippen LogP contribution is 2.19. The molecule has 0 saturated heterocycles. The second-order valence-corrected chi connectivity index (χ2v) is 6.03. The number of hydrogen-bond donors (Lipinski definition) is 2. The van der Waals surface area contributed by atoms with E-state index in [-0.39, 0.29) is 12.1 Å². The van der Waals surface area contributed by atoms with Crippen LogP contribution in [0.2, 0.25) is 0 Å². The van der Waals surface area contributed by atoms with E-state index >= 15 is 0 Å². The molecule has 1 aromatic carbocycles. The Kier molecular flexibility index (Phi) is 6.52. The van der Waals surface area contributed by atoms with Crippen LogP contribution in [0.3, 0.4) is 0 Å². The Morgan fingerprint density at radius 1 is 1.05 bits per heavy atom. The summed E-state index contributed by atoms with van der Waals surface area (Å²) < 4.78 is 0. The molecule has 1 saturated carbocycles. The maximum Gasteiger partial charge on any atom is 0.0693 e. The molecule has 118 valence electrons. The van der Waals surface area contributed by atoms with Crippen molar-refractivity contribution in [3.63, 3.8) is 0 Å². The minimum absolute atomic E-state index is 0.178. The first-order valence-corrected chi connectivity index (χ1v) is 8.50. The summed E-state index contributed by atoms with van der Waals surface area (Å²) >= 11 is 0. The quantitative estimate of drug-likeness (QED) is 0.789. The van der Waals surface area contributed by atoms with Crippen LogP contribution in [0.4, 0.5) is 5.69 Å². The molecular formula is C18H30N2O. The molecule has 1 aliphatic rings. The van der Waals surface area contributed by atoms with Gasteiger partial charge < -0.3 is 15.3 Å². The summed E-state index contributed by atoms with van der Waals surface area (Å²) in [6, 6.07) is 9.06. The first kappa shape index (κ1) is 16.3. The van der Waals surface area contributed by atoms with Crippen LogP contribution < -0.4 is 10.2 Å². The zero-order chi connectivity index (χ0) is 15.1. The first-order valence-electron chi connectivity index (χ1n) is 8.50. The molecule has 1 aromatic rings. The highest BCUT2D eigenvalue weighted by molar-refractivity contribution is 5.47. The summed E-state index contributed by atoms with van der Waals surface area (Å²) in [6.07, 6.45) is 5.51. The van der Waals surface area contributed by atoms with Gasteiger partial charge in [-0.25, -0.2) is 0 Å². The van der Waals surface area contributed by atoms with Crippen LogP contribution in [-0.2, 0) is 6.54 Å². The van der Waals surface area contributed by atoms with Crippen molar-refractivity contribution in [3.8, 4) is 0 Å². The lowest BCUT2D eigenvalue weighted by atomic mass is 10.1. The molecule has 2 rings (SSSR count). The van der Waals surface area contributed by atoms with Crippen LogP contribution in [0.15, 0.2) is 24.3 Å². The zero-order valence-corrected chi connectivity index (χ0v) is 13.5. The fourth-order valence-corrected chi connectivity index (χ4v) is 3.19. The van der Waals surface area contributed by atoms with E-state index < -0.39 is 0 Å². The van der Waals surface area contributed by atoms with Crippen LogP contribution in [0.5, 0.6) is 0 Å². The van der Waals surface area contributed by atoms with E-state index in [1.807, 2.05) is 0 Å². The average molecular weight is 290 g/mol. The minimum atomic E-state index is -0.178. The van der Waals surface area contributed by atoms with E-state index in [2.05, 4.69) is 48.3 Å². The summed E-state index contributed by atoms with van der Waals surface area (Å²) in [5.41, 5.74) is 2.58. The highest BCUT2D eigenvalue weighted by Gasteiger charge is 2.20. The molecule has 0 spiro atoms. The topological polar surface area (TPSA) is 35.5 Å². The third kappa shape index (κ3) is 4.72. The Balaban J connectivity index is 1.88. The van der Waals surface area contributed by atoms with E-state index in [0.717, 1.165) is 38.9 Å². The molecule has 0 aliphatic heterocycles. The van der Waals surface area contributed by atoms with Gasteiger partial charge in [0.1, 0.15) is 0 Å². The van der Waals surface area contributed by atoms with Gasteiger partial charge >= 0.3 is 0 Å². The van der Waals surface area contributed by atoms with Crippen molar-refractivity contribution < 1.29 is 5.11 Å². The summed E-state index contributed by atoms with van der Waals surface area (Å²) in [7, 11) is 0. The van der Waals surface area contributed by atoms with Gasteiger partial charge in [-0.05, 0) is 44.4 Å². The van der Waals surface area contributed by atoms with Gasteiger partial charge in [0.05, 0.1) is 6.10 Å². The second kappa shape index (κ2) is 8.40. The molecule has 1 aliphatic carbocycles. The lowest BCUT2D eigenvalue weighted by Gasteiger charge is -2.23. The first-order chi connectivity index (χ1) is 10.2. The molecule has 0 aromatic heterocycles. The second-order valence-electron chi connectivity index (χ2n) is 6.03. The molecular weight excluding hydrogens is 260 g/mol. The monoisotopic (exact) mass is 290 g/mol. The number of aliphatic hydroxyl groups is 1. The van der Waals surface area contributed by atoms with Gasteiger partial charge in [0, 0.05) is 31.4 Å². The van der Waals surface area contributed by atoms with Gasteiger partial charge in [-0.15, -0.1) is 0 Å². The third-order valence-electron chi connectivity index (χ3n) is 4.61. The summed E-state index contributed by atoms with van der Waals surface area (Å²) in [4.78, 5) is 2.35. The van der Waals surface area contributed by atoms with E-state index in [1.165, 1.54) is 24.1 Å². The van der Waals surface area contributed by atoms with E-state index in [0.29, 0.717) is 0 Å². The van der Waals surface area contributed by atoms with Crippen LogP contribution in [0.25, 0.3) is 0 Å². The van der Waals surface area contributed by atoms with Gasteiger partial charge in [-0.3, -0.25) is 0 Å². The summed E-state index contributed by atoms with van der Waals surface area (Å²) in [5, 5.41) is 13.7. The van der Waals surface area contributed by atoms with Gasteiger partial charge in [0.2, 0.25) is 0 Å².